The second-order valence-electron chi connectivity index (χ2n) is 4.78. The number of anilines is 1. The first-order valence-electron chi connectivity index (χ1n) is 6.55. The molecule has 0 heterocycles. The molecular weight excluding hydrogens is 308 g/mol. The summed E-state index contributed by atoms with van der Waals surface area (Å²) in [6.07, 6.45) is 4.66. The summed E-state index contributed by atoms with van der Waals surface area (Å²) in [6.45, 7) is 0.288. The molecular formula is C14H19BrN2O2. The Morgan fingerprint density at radius 1 is 1.37 bits per heavy atom. The fourth-order valence-corrected chi connectivity index (χ4v) is 2.79. The number of carbonyl (C=O) groups excluding carboxylic acids is 1. The highest BCUT2D eigenvalue weighted by Crippen LogP contribution is 2.24. The molecule has 0 aromatic heterocycles. The molecule has 0 radical (unpaired) electrons. The van der Waals surface area contributed by atoms with Gasteiger partial charge in [-0.1, -0.05) is 28.8 Å². The number of amides is 1. The quantitative estimate of drug-likeness (QED) is 0.874. The van der Waals surface area contributed by atoms with Gasteiger partial charge in [0.2, 0.25) is 5.91 Å². The average molecular weight is 327 g/mol. The van der Waals surface area contributed by atoms with E-state index in [2.05, 4.69) is 26.6 Å². The SMILES string of the molecule is COc1cc(Br)cc(NCC(=O)NC2CCCC2)c1. The van der Waals surface area contributed by atoms with Crippen LogP contribution < -0.4 is 15.4 Å². The van der Waals surface area contributed by atoms with Gasteiger partial charge >= 0.3 is 0 Å². The molecule has 1 fully saturated rings. The number of methoxy groups -OCH3 is 1. The summed E-state index contributed by atoms with van der Waals surface area (Å²) in [6, 6.07) is 6.04. The lowest BCUT2D eigenvalue weighted by atomic mass is 10.2. The van der Waals surface area contributed by atoms with Crippen LogP contribution in [0.4, 0.5) is 5.69 Å². The van der Waals surface area contributed by atoms with Crippen LogP contribution in [0.5, 0.6) is 5.75 Å². The molecule has 1 aliphatic rings. The summed E-state index contributed by atoms with van der Waals surface area (Å²) in [7, 11) is 1.62. The van der Waals surface area contributed by atoms with E-state index in [1.54, 1.807) is 7.11 Å². The predicted octanol–water partition coefficient (Wildman–Crippen LogP) is 2.93. The smallest absolute Gasteiger partial charge is 0.239 e. The topological polar surface area (TPSA) is 50.4 Å². The standard InChI is InChI=1S/C14H19BrN2O2/c1-19-13-7-10(15)6-12(8-13)16-9-14(18)17-11-4-2-3-5-11/h6-8,11,16H,2-5,9H2,1H3,(H,17,18). The Morgan fingerprint density at radius 2 is 2.11 bits per heavy atom. The predicted molar refractivity (Wildman–Crippen MR) is 79.6 cm³/mol. The monoisotopic (exact) mass is 326 g/mol. The number of halogens is 1. The molecule has 0 aliphatic heterocycles. The van der Waals surface area contributed by atoms with Gasteiger partial charge < -0.3 is 15.4 Å². The third-order valence-corrected chi connectivity index (χ3v) is 3.74. The van der Waals surface area contributed by atoms with Crippen LogP contribution in [-0.4, -0.2) is 25.6 Å². The van der Waals surface area contributed by atoms with E-state index in [1.807, 2.05) is 18.2 Å². The highest BCUT2D eigenvalue weighted by atomic mass is 79.9. The van der Waals surface area contributed by atoms with Gasteiger partial charge in [0, 0.05) is 22.3 Å². The number of carbonyl (C=O) groups is 1. The van der Waals surface area contributed by atoms with Crippen molar-refractivity contribution in [2.75, 3.05) is 19.0 Å². The van der Waals surface area contributed by atoms with Crippen molar-refractivity contribution in [1.29, 1.82) is 0 Å². The molecule has 1 amide bonds. The first-order chi connectivity index (χ1) is 9.17. The number of hydrogen-bond acceptors (Lipinski definition) is 3. The third-order valence-electron chi connectivity index (χ3n) is 3.28. The van der Waals surface area contributed by atoms with E-state index in [0.29, 0.717) is 6.04 Å². The third kappa shape index (κ3) is 4.42. The van der Waals surface area contributed by atoms with E-state index in [0.717, 1.165) is 28.8 Å². The van der Waals surface area contributed by atoms with Crippen molar-refractivity contribution >= 4 is 27.5 Å². The van der Waals surface area contributed by atoms with Crippen LogP contribution in [0, 0.1) is 0 Å². The summed E-state index contributed by atoms with van der Waals surface area (Å²) in [5, 5.41) is 6.16. The van der Waals surface area contributed by atoms with Crippen LogP contribution >= 0.6 is 15.9 Å². The van der Waals surface area contributed by atoms with Gasteiger partial charge in [-0.2, -0.15) is 0 Å². The van der Waals surface area contributed by atoms with Gasteiger partial charge in [0.05, 0.1) is 13.7 Å². The van der Waals surface area contributed by atoms with E-state index < -0.39 is 0 Å². The molecule has 0 atom stereocenters. The maximum Gasteiger partial charge on any atom is 0.239 e. The maximum absolute atomic E-state index is 11.8. The Morgan fingerprint density at radius 3 is 2.79 bits per heavy atom. The first kappa shape index (κ1) is 14.2. The lowest BCUT2D eigenvalue weighted by molar-refractivity contribution is -0.120. The number of nitrogens with one attached hydrogen (secondary N) is 2. The zero-order valence-electron chi connectivity index (χ0n) is 11.0. The molecule has 2 N–H and O–H groups in total. The second-order valence-corrected chi connectivity index (χ2v) is 5.70. The first-order valence-corrected chi connectivity index (χ1v) is 7.34. The van der Waals surface area contributed by atoms with E-state index in [-0.39, 0.29) is 12.5 Å². The summed E-state index contributed by atoms with van der Waals surface area (Å²) in [5.74, 6) is 0.805. The molecule has 1 saturated carbocycles. The Bertz CT molecular complexity index is 445. The molecule has 0 saturated heterocycles. The Labute approximate surface area is 122 Å². The largest absolute Gasteiger partial charge is 0.497 e. The number of ether oxygens (including phenoxy) is 1. The van der Waals surface area contributed by atoms with Gasteiger partial charge in [-0.25, -0.2) is 0 Å². The molecule has 2 rings (SSSR count). The Hall–Kier alpha value is -1.23. The minimum atomic E-state index is 0.0471. The summed E-state index contributed by atoms with van der Waals surface area (Å²) >= 11 is 3.41. The van der Waals surface area contributed by atoms with Gasteiger partial charge in [-0.05, 0) is 25.0 Å². The highest BCUT2D eigenvalue weighted by Gasteiger charge is 2.16. The van der Waals surface area contributed by atoms with Gasteiger partial charge in [0.1, 0.15) is 5.75 Å². The summed E-state index contributed by atoms with van der Waals surface area (Å²) < 4.78 is 6.10. The van der Waals surface area contributed by atoms with Gasteiger partial charge in [0.15, 0.2) is 0 Å². The van der Waals surface area contributed by atoms with Gasteiger partial charge in [-0.15, -0.1) is 0 Å². The molecule has 1 aliphatic carbocycles. The Balaban J connectivity index is 1.83. The van der Waals surface area contributed by atoms with E-state index in [1.165, 1.54) is 12.8 Å². The van der Waals surface area contributed by atoms with E-state index in [4.69, 9.17) is 4.74 Å². The number of hydrogen-bond donors (Lipinski definition) is 2. The lowest BCUT2D eigenvalue weighted by Gasteiger charge is -2.13. The van der Waals surface area contributed by atoms with Crippen molar-refractivity contribution in [3.05, 3.63) is 22.7 Å². The van der Waals surface area contributed by atoms with Crippen LogP contribution in [-0.2, 0) is 4.79 Å². The van der Waals surface area contributed by atoms with Crippen molar-refractivity contribution in [2.45, 2.75) is 31.7 Å². The van der Waals surface area contributed by atoms with Crippen LogP contribution in [0.15, 0.2) is 22.7 Å². The molecule has 19 heavy (non-hydrogen) atoms. The van der Waals surface area contributed by atoms with E-state index in [9.17, 15) is 4.79 Å². The molecule has 5 heteroatoms. The van der Waals surface area contributed by atoms with Crippen LogP contribution in [0.25, 0.3) is 0 Å². The van der Waals surface area contributed by atoms with Crippen molar-refractivity contribution in [2.24, 2.45) is 0 Å². The highest BCUT2D eigenvalue weighted by molar-refractivity contribution is 9.10. The average Bonchev–Trinajstić information content (AvgIpc) is 2.88. The van der Waals surface area contributed by atoms with Crippen molar-refractivity contribution in [3.8, 4) is 5.75 Å². The van der Waals surface area contributed by atoms with Crippen molar-refractivity contribution in [3.63, 3.8) is 0 Å². The normalized spacial score (nSPS) is 15.3. The summed E-state index contributed by atoms with van der Waals surface area (Å²) in [5.41, 5.74) is 0.868. The van der Waals surface area contributed by atoms with Crippen LogP contribution in [0.2, 0.25) is 0 Å². The molecule has 0 bridgehead atoms. The lowest BCUT2D eigenvalue weighted by Crippen LogP contribution is -2.36. The van der Waals surface area contributed by atoms with Crippen LogP contribution in [0.3, 0.4) is 0 Å². The number of rotatable bonds is 5. The molecule has 104 valence electrons. The zero-order valence-corrected chi connectivity index (χ0v) is 12.6. The minimum Gasteiger partial charge on any atom is -0.497 e. The molecule has 1 aromatic carbocycles. The fourth-order valence-electron chi connectivity index (χ4n) is 2.31. The summed E-state index contributed by atoms with van der Waals surface area (Å²) in [4.78, 5) is 11.8. The second kappa shape index (κ2) is 6.80. The van der Waals surface area contributed by atoms with Crippen molar-refractivity contribution in [1.82, 2.24) is 5.32 Å². The van der Waals surface area contributed by atoms with Crippen LogP contribution in [0.1, 0.15) is 25.7 Å². The maximum atomic E-state index is 11.8. The Kier molecular flexibility index (Phi) is 5.07. The van der Waals surface area contributed by atoms with Gasteiger partial charge in [0.25, 0.3) is 0 Å². The zero-order chi connectivity index (χ0) is 13.7. The number of benzene rings is 1. The van der Waals surface area contributed by atoms with Gasteiger partial charge in [-0.3, -0.25) is 4.79 Å². The molecule has 0 unspecified atom stereocenters. The molecule has 0 spiro atoms. The molecule has 1 aromatic rings. The van der Waals surface area contributed by atoms with Crippen molar-refractivity contribution < 1.29 is 9.53 Å². The minimum absolute atomic E-state index is 0.0471. The molecule has 4 nitrogen and oxygen atoms in total. The van der Waals surface area contributed by atoms with E-state index >= 15 is 0 Å². The fraction of sp³-hybridized carbons (Fsp3) is 0.500.